The minimum atomic E-state index is 0.0174. The maximum Gasteiger partial charge on any atom is 0.306 e. The summed E-state index contributed by atoms with van der Waals surface area (Å²) in [5, 5.41) is 0. The van der Waals surface area contributed by atoms with Crippen molar-refractivity contribution in [2.45, 2.75) is 72.3 Å². The molecule has 0 aromatic carbocycles. The number of carbonyl (C=O) groups is 1. The fraction of sp³-hybridized carbons (Fsp3) is 0.933. The van der Waals surface area contributed by atoms with Gasteiger partial charge >= 0.3 is 5.97 Å². The van der Waals surface area contributed by atoms with Crippen LogP contribution >= 0.6 is 0 Å². The molecule has 17 heavy (non-hydrogen) atoms. The van der Waals surface area contributed by atoms with E-state index in [2.05, 4.69) is 27.7 Å². The maximum atomic E-state index is 11.7. The van der Waals surface area contributed by atoms with Crippen LogP contribution in [0.1, 0.15) is 66.2 Å². The Hall–Kier alpha value is -0.530. The van der Waals surface area contributed by atoms with Gasteiger partial charge in [-0.05, 0) is 36.5 Å². The van der Waals surface area contributed by atoms with Crippen LogP contribution in [0.25, 0.3) is 0 Å². The topological polar surface area (TPSA) is 26.3 Å². The van der Waals surface area contributed by atoms with Crippen LogP contribution in [0.2, 0.25) is 0 Å². The molecule has 0 unspecified atom stereocenters. The lowest BCUT2D eigenvalue weighted by atomic mass is 9.71. The largest absolute Gasteiger partial charge is 0.462 e. The summed E-state index contributed by atoms with van der Waals surface area (Å²) in [5.41, 5.74) is 0.718. The fourth-order valence-electron chi connectivity index (χ4n) is 3.88. The van der Waals surface area contributed by atoms with E-state index in [1.807, 2.05) is 0 Å². The first kappa shape index (κ1) is 12.9. The van der Waals surface area contributed by atoms with Gasteiger partial charge in [0.2, 0.25) is 0 Å². The Morgan fingerprint density at radius 1 is 1.35 bits per heavy atom. The lowest BCUT2D eigenvalue weighted by molar-refractivity contribution is -0.152. The smallest absolute Gasteiger partial charge is 0.306 e. The minimum Gasteiger partial charge on any atom is -0.462 e. The van der Waals surface area contributed by atoms with Gasteiger partial charge in [0, 0.05) is 12.3 Å². The van der Waals surface area contributed by atoms with Crippen LogP contribution < -0.4 is 0 Å². The van der Waals surface area contributed by atoms with Gasteiger partial charge < -0.3 is 4.74 Å². The number of carbonyl (C=O) groups excluding carboxylic acids is 1. The monoisotopic (exact) mass is 238 g/mol. The van der Waals surface area contributed by atoms with Crippen molar-refractivity contribution in [1.29, 1.82) is 0 Å². The van der Waals surface area contributed by atoms with Crippen LogP contribution in [-0.2, 0) is 9.53 Å². The molecule has 0 saturated heterocycles. The van der Waals surface area contributed by atoms with E-state index in [0.29, 0.717) is 23.2 Å². The second-order valence-corrected chi connectivity index (χ2v) is 6.76. The molecule has 0 aromatic heterocycles. The molecule has 98 valence electrons. The average molecular weight is 238 g/mol. The van der Waals surface area contributed by atoms with E-state index < -0.39 is 0 Å². The van der Waals surface area contributed by atoms with Crippen molar-refractivity contribution in [3.8, 4) is 0 Å². The molecule has 2 bridgehead atoms. The van der Waals surface area contributed by atoms with E-state index in [0.717, 1.165) is 19.3 Å². The quantitative estimate of drug-likeness (QED) is 0.694. The molecule has 3 atom stereocenters. The Morgan fingerprint density at radius 3 is 2.53 bits per heavy atom. The molecule has 0 spiro atoms. The van der Waals surface area contributed by atoms with Crippen molar-refractivity contribution in [2.24, 2.45) is 16.7 Å². The average Bonchev–Trinajstić information content (AvgIpc) is 2.57. The molecule has 0 aromatic rings. The second-order valence-electron chi connectivity index (χ2n) is 6.76. The summed E-state index contributed by atoms with van der Waals surface area (Å²) in [6.45, 7) is 9.18. The van der Waals surface area contributed by atoms with Gasteiger partial charge in [-0.3, -0.25) is 4.79 Å². The molecule has 0 N–H and O–H groups in total. The van der Waals surface area contributed by atoms with E-state index >= 15 is 0 Å². The Labute approximate surface area is 105 Å². The second kappa shape index (κ2) is 4.29. The number of hydrogen-bond acceptors (Lipinski definition) is 2. The number of esters is 1. The molecule has 0 amide bonds. The van der Waals surface area contributed by atoms with Crippen molar-refractivity contribution in [1.82, 2.24) is 0 Å². The highest BCUT2D eigenvalue weighted by atomic mass is 16.5. The molecular formula is C15H26O2. The summed E-state index contributed by atoms with van der Waals surface area (Å²) in [7, 11) is 0. The third-order valence-electron chi connectivity index (χ3n) is 5.61. The molecule has 2 fully saturated rings. The highest BCUT2D eigenvalue weighted by molar-refractivity contribution is 5.69. The molecule has 0 heterocycles. The van der Waals surface area contributed by atoms with Crippen LogP contribution in [0, 0.1) is 16.7 Å². The lowest BCUT2D eigenvalue weighted by Crippen LogP contribution is -2.27. The van der Waals surface area contributed by atoms with Gasteiger partial charge in [-0.25, -0.2) is 0 Å². The fourth-order valence-corrected chi connectivity index (χ4v) is 3.88. The van der Waals surface area contributed by atoms with Crippen molar-refractivity contribution in [3.63, 3.8) is 0 Å². The van der Waals surface area contributed by atoms with E-state index in [-0.39, 0.29) is 12.1 Å². The van der Waals surface area contributed by atoms with Gasteiger partial charge in [0.25, 0.3) is 0 Å². The first-order valence-electron chi connectivity index (χ1n) is 7.10. The Morgan fingerprint density at radius 2 is 2.06 bits per heavy atom. The van der Waals surface area contributed by atoms with Gasteiger partial charge in [0.15, 0.2) is 0 Å². The molecular weight excluding hydrogens is 212 g/mol. The van der Waals surface area contributed by atoms with Crippen molar-refractivity contribution >= 4 is 5.97 Å². The summed E-state index contributed by atoms with van der Waals surface area (Å²) in [5.74, 6) is 0.599. The SMILES string of the molecule is CCCCC(=O)O[C@H]1C[C@]2(C)CC[C@@H]1C2(C)C. The van der Waals surface area contributed by atoms with Crippen LogP contribution in [0.4, 0.5) is 0 Å². The first-order valence-corrected chi connectivity index (χ1v) is 7.10. The third-order valence-corrected chi connectivity index (χ3v) is 5.61. The van der Waals surface area contributed by atoms with E-state index in [9.17, 15) is 4.79 Å². The minimum absolute atomic E-state index is 0.0174. The van der Waals surface area contributed by atoms with Gasteiger partial charge in [-0.15, -0.1) is 0 Å². The summed E-state index contributed by atoms with van der Waals surface area (Å²) in [6.07, 6.45) is 6.40. The predicted octanol–water partition coefficient (Wildman–Crippen LogP) is 3.93. The predicted molar refractivity (Wildman–Crippen MR) is 68.6 cm³/mol. The Bertz CT molecular complexity index is 305. The van der Waals surface area contributed by atoms with E-state index in [1.54, 1.807) is 0 Å². The molecule has 0 aliphatic heterocycles. The van der Waals surface area contributed by atoms with Crippen LogP contribution in [0.5, 0.6) is 0 Å². The van der Waals surface area contributed by atoms with Crippen LogP contribution in [-0.4, -0.2) is 12.1 Å². The normalized spacial score (nSPS) is 38.4. The molecule has 2 aliphatic rings. The summed E-state index contributed by atoms with van der Waals surface area (Å²) < 4.78 is 5.71. The number of hydrogen-bond donors (Lipinski definition) is 0. The van der Waals surface area contributed by atoms with Crippen LogP contribution in [0.15, 0.2) is 0 Å². The number of fused-ring (bicyclic) bond motifs is 2. The number of ether oxygens (including phenoxy) is 1. The molecule has 2 nitrogen and oxygen atoms in total. The van der Waals surface area contributed by atoms with E-state index in [1.165, 1.54) is 12.8 Å². The zero-order valence-electron chi connectivity index (χ0n) is 11.7. The highest BCUT2D eigenvalue weighted by Gasteiger charge is 2.61. The molecule has 2 rings (SSSR count). The molecule has 2 saturated carbocycles. The zero-order valence-corrected chi connectivity index (χ0v) is 11.7. The summed E-state index contributed by atoms with van der Waals surface area (Å²) >= 11 is 0. The van der Waals surface area contributed by atoms with Crippen LogP contribution in [0.3, 0.4) is 0 Å². The standard InChI is InChI=1S/C15H26O2/c1-5-6-7-13(16)17-12-10-15(4)9-8-11(12)14(15,2)3/h11-12H,5-10H2,1-4H3/t11-,12-,15-/m0/s1. The Kier molecular flexibility index (Phi) is 3.26. The Balaban J connectivity index is 1.95. The maximum absolute atomic E-state index is 11.7. The van der Waals surface area contributed by atoms with Gasteiger partial charge in [0.05, 0.1) is 0 Å². The van der Waals surface area contributed by atoms with Gasteiger partial charge in [0.1, 0.15) is 6.10 Å². The third kappa shape index (κ3) is 2.00. The molecule has 2 heteroatoms. The van der Waals surface area contributed by atoms with Crippen molar-refractivity contribution < 1.29 is 9.53 Å². The molecule has 2 aliphatic carbocycles. The number of unbranched alkanes of at least 4 members (excludes halogenated alkanes) is 1. The van der Waals surface area contributed by atoms with Gasteiger partial charge in [-0.2, -0.15) is 0 Å². The summed E-state index contributed by atoms with van der Waals surface area (Å²) in [6, 6.07) is 0. The lowest BCUT2D eigenvalue weighted by Gasteiger charge is -2.33. The summed E-state index contributed by atoms with van der Waals surface area (Å²) in [4.78, 5) is 11.7. The van der Waals surface area contributed by atoms with Gasteiger partial charge in [-0.1, -0.05) is 34.1 Å². The van der Waals surface area contributed by atoms with Crippen molar-refractivity contribution in [2.75, 3.05) is 0 Å². The molecule has 0 radical (unpaired) electrons. The zero-order chi connectivity index (χ0) is 12.7. The highest BCUT2D eigenvalue weighted by Crippen LogP contribution is 2.66. The van der Waals surface area contributed by atoms with Crippen molar-refractivity contribution in [3.05, 3.63) is 0 Å². The van der Waals surface area contributed by atoms with E-state index in [4.69, 9.17) is 4.74 Å². The first-order chi connectivity index (χ1) is 7.90. The number of rotatable bonds is 4.